The largest absolute Gasteiger partial charge is 0.392 e. The van der Waals surface area contributed by atoms with Gasteiger partial charge in [-0.15, -0.1) is 6.42 Å². The number of terminal acetylenes is 1. The van der Waals surface area contributed by atoms with Crippen LogP contribution in [0.15, 0.2) is 30.3 Å². The van der Waals surface area contributed by atoms with E-state index in [1.54, 1.807) is 6.92 Å². The lowest BCUT2D eigenvalue weighted by atomic mass is 9.91. The SMILES string of the molecule is C#C[C@@H]([C@H](Cc1ccccc1)NS(C)(=O)=O)[C@@H](C)O. The van der Waals surface area contributed by atoms with Crippen LogP contribution < -0.4 is 4.72 Å². The molecule has 1 aromatic rings. The zero-order valence-corrected chi connectivity index (χ0v) is 11.9. The highest BCUT2D eigenvalue weighted by Gasteiger charge is 2.26. The van der Waals surface area contributed by atoms with E-state index in [4.69, 9.17) is 6.42 Å². The average Bonchev–Trinajstić information content (AvgIpc) is 2.28. The van der Waals surface area contributed by atoms with Crippen molar-refractivity contribution in [2.24, 2.45) is 5.92 Å². The molecule has 0 heterocycles. The Balaban J connectivity index is 2.96. The molecule has 0 aliphatic heterocycles. The van der Waals surface area contributed by atoms with Crippen molar-refractivity contribution < 1.29 is 13.5 Å². The van der Waals surface area contributed by atoms with E-state index in [0.717, 1.165) is 11.8 Å². The summed E-state index contributed by atoms with van der Waals surface area (Å²) in [6, 6.07) is 8.90. The van der Waals surface area contributed by atoms with Gasteiger partial charge in [-0.25, -0.2) is 13.1 Å². The first kappa shape index (κ1) is 15.7. The fourth-order valence-corrected chi connectivity index (χ4v) is 2.76. The average molecular weight is 281 g/mol. The number of benzene rings is 1. The van der Waals surface area contributed by atoms with Gasteiger partial charge in [-0.2, -0.15) is 0 Å². The Bertz CT molecular complexity index is 532. The van der Waals surface area contributed by atoms with Gasteiger partial charge in [-0.3, -0.25) is 0 Å². The van der Waals surface area contributed by atoms with Crippen molar-refractivity contribution in [2.45, 2.75) is 25.5 Å². The monoisotopic (exact) mass is 281 g/mol. The van der Waals surface area contributed by atoms with Gasteiger partial charge in [0.15, 0.2) is 0 Å². The highest BCUT2D eigenvalue weighted by molar-refractivity contribution is 7.88. The second-order valence-corrected chi connectivity index (χ2v) is 6.40. The summed E-state index contributed by atoms with van der Waals surface area (Å²) in [5.74, 6) is 1.89. The molecule has 104 valence electrons. The molecule has 5 heteroatoms. The quantitative estimate of drug-likeness (QED) is 0.757. The topological polar surface area (TPSA) is 66.4 Å². The predicted molar refractivity (Wildman–Crippen MR) is 75.9 cm³/mol. The van der Waals surface area contributed by atoms with Crippen molar-refractivity contribution in [1.29, 1.82) is 0 Å². The maximum absolute atomic E-state index is 11.4. The summed E-state index contributed by atoms with van der Waals surface area (Å²) in [5.41, 5.74) is 0.963. The molecule has 0 fully saturated rings. The molecule has 0 saturated heterocycles. The standard InChI is InChI=1S/C14H19NO3S/c1-4-13(11(2)16)14(15-19(3,17)18)10-12-8-6-5-7-9-12/h1,5-9,11,13-16H,10H2,2-3H3/t11-,13-,14+/m1/s1. The third kappa shape index (κ3) is 5.43. The summed E-state index contributed by atoms with van der Waals surface area (Å²) >= 11 is 0. The van der Waals surface area contributed by atoms with Crippen molar-refractivity contribution in [2.75, 3.05) is 6.26 Å². The second kappa shape index (κ2) is 6.71. The molecular weight excluding hydrogens is 262 g/mol. The first-order valence-electron chi connectivity index (χ1n) is 5.99. The fourth-order valence-electron chi connectivity index (χ4n) is 1.98. The summed E-state index contributed by atoms with van der Waals surface area (Å²) in [5, 5.41) is 9.68. The number of hydrogen-bond acceptors (Lipinski definition) is 3. The summed E-state index contributed by atoms with van der Waals surface area (Å²) in [4.78, 5) is 0. The van der Waals surface area contributed by atoms with Gasteiger partial charge in [0.1, 0.15) is 0 Å². The van der Waals surface area contributed by atoms with Gasteiger partial charge in [0.2, 0.25) is 10.0 Å². The number of rotatable bonds is 6. The van der Waals surface area contributed by atoms with Crippen LogP contribution in [0.4, 0.5) is 0 Å². The van der Waals surface area contributed by atoms with Crippen LogP contribution in [-0.2, 0) is 16.4 Å². The first-order chi connectivity index (χ1) is 8.83. The summed E-state index contributed by atoms with van der Waals surface area (Å²) in [6.07, 6.45) is 6.14. The maximum Gasteiger partial charge on any atom is 0.209 e. The Labute approximate surface area is 114 Å². The van der Waals surface area contributed by atoms with Gasteiger partial charge < -0.3 is 5.11 Å². The van der Waals surface area contributed by atoms with E-state index in [-0.39, 0.29) is 0 Å². The highest BCUT2D eigenvalue weighted by Crippen LogP contribution is 2.15. The zero-order valence-electron chi connectivity index (χ0n) is 11.1. The third-order valence-electron chi connectivity index (χ3n) is 2.81. The number of sulfonamides is 1. The van der Waals surface area contributed by atoms with Gasteiger partial charge in [-0.05, 0) is 18.9 Å². The molecule has 0 unspecified atom stereocenters. The Morgan fingerprint density at radius 1 is 1.37 bits per heavy atom. The Kier molecular flexibility index (Phi) is 5.55. The van der Waals surface area contributed by atoms with Gasteiger partial charge >= 0.3 is 0 Å². The smallest absolute Gasteiger partial charge is 0.209 e. The van der Waals surface area contributed by atoms with E-state index in [9.17, 15) is 13.5 Å². The van der Waals surface area contributed by atoms with Gasteiger partial charge in [0, 0.05) is 6.04 Å². The molecule has 0 bridgehead atoms. The lowest BCUT2D eigenvalue weighted by Crippen LogP contribution is -2.44. The predicted octanol–water partition coefficient (Wildman–Crippen LogP) is 0.777. The maximum atomic E-state index is 11.4. The van der Waals surface area contributed by atoms with Gasteiger partial charge in [0.05, 0.1) is 18.3 Å². The van der Waals surface area contributed by atoms with Crippen molar-refractivity contribution in [3.63, 3.8) is 0 Å². The van der Waals surface area contributed by atoms with Crippen LogP contribution in [0.2, 0.25) is 0 Å². The molecule has 0 aliphatic rings. The number of nitrogens with one attached hydrogen (secondary N) is 1. The molecule has 19 heavy (non-hydrogen) atoms. The number of aliphatic hydroxyl groups is 1. The Morgan fingerprint density at radius 3 is 2.37 bits per heavy atom. The van der Waals surface area contributed by atoms with Crippen LogP contribution in [0.1, 0.15) is 12.5 Å². The van der Waals surface area contributed by atoms with Crippen LogP contribution in [0.25, 0.3) is 0 Å². The van der Waals surface area contributed by atoms with Crippen LogP contribution in [-0.4, -0.2) is 31.9 Å². The summed E-state index contributed by atoms with van der Waals surface area (Å²) < 4.78 is 25.3. The van der Waals surface area contributed by atoms with Crippen LogP contribution in [0, 0.1) is 18.3 Å². The molecule has 0 aromatic heterocycles. The Morgan fingerprint density at radius 2 is 1.95 bits per heavy atom. The van der Waals surface area contributed by atoms with Crippen molar-refractivity contribution in [3.8, 4) is 12.3 Å². The van der Waals surface area contributed by atoms with Gasteiger partial charge in [0.25, 0.3) is 0 Å². The minimum absolute atomic E-state index is 0.438. The molecular formula is C14H19NO3S. The van der Waals surface area contributed by atoms with Gasteiger partial charge in [-0.1, -0.05) is 36.3 Å². The lowest BCUT2D eigenvalue weighted by Gasteiger charge is -2.25. The van der Waals surface area contributed by atoms with E-state index in [1.807, 2.05) is 30.3 Å². The molecule has 1 aromatic carbocycles. The number of aliphatic hydroxyl groups excluding tert-OH is 1. The summed E-state index contributed by atoms with van der Waals surface area (Å²) in [7, 11) is -3.39. The van der Waals surface area contributed by atoms with E-state index < -0.39 is 28.1 Å². The highest BCUT2D eigenvalue weighted by atomic mass is 32.2. The first-order valence-corrected chi connectivity index (χ1v) is 7.88. The van der Waals surface area contributed by atoms with Crippen molar-refractivity contribution in [3.05, 3.63) is 35.9 Å². The normalized spacial score (nSPS) is 16.3. The third-order valence-corrected chi connectivity index (χ3v) is 3.54. The molecule has 0 saturated carbocycles. The molecule has 0 aliphatic carbocycles. The minimum Gasteiger partial charge on any atom is -0.392 e. The van der Waals surface area contributed by atoms with Crippen LogP contribution in [0.5, 0.6) is 0 Å². The van der Waals surface area contributed by atoms with Crippen LogP contribution >= 0.6 is 0 Å². The molecule has 3 atom stereocenters. The van der Waals surface area contributed by atoms with E-state index in [0.29, 0.717) is 6.42 Å². The second-order valence-electron chi connectivity index (χ2n) is 4.62. The zero-order chi connectivity index (χ0) is 14.5. The summed E-state index contributed by atoms with van der Waals surface area (Å²) in [6.45, 7) is 1.56. The van der Waals surface area contributed by atoms with E-state index >= 15 is 0 Å². The molecule has 0 amide bonds. The van der Waals surface area contributed by atoms with Crippen molar-refractivity contribution >= 4 is 10.0 Å². The minimum atomic E-state index is -3.39. The lowest BCUT2D eigenvalue weighted by molar-refractivity contribution is 0.136. The molecule has 0 radical (unpaired) electrons. The fraction of sp³-hybridized carbons (Fsp3) is 0.429. The molecule has 2 N–H and O–H groups in total. The van der Waals surface area contributed by atoms with Crippen molar-refractivity contribution in [1.82, 2.24) is 4.72 Å². The van der Waals surface area contributed by atoms with E-state index in [2.05, 4.69) is 10.6 Å². The molecule has 0 spiro atoms. The molecule has 1 rings (SSSR count). The van der Waals surface area contributed by atoms with Crippen LogP contribution in [0.3, 0.4) is 0 Å². The van der Waals surface area contributed by atoms with E-state index in [1.165, 1.54) is 0 Å². The number of hydrogen-bond donors (Lipinski definition) is 2. The Hall–Kier alpha value is -1.35. The molecule has 4 nitrogen and oxygen atoms in total.